The van der Waals surface area contributed by atoms with Crippen LogP contribution in [-0.4, -0.2) is 9.55 Å². The van der Waals surface area contributed by atoms with E-state index < -0.39 is 0 Å². The van der Waals surface area contributed by atoms with E-state index in [1.54, 1.807) is 6.20 Å². The molecule has 8 rings (SSSR count). The summed E-state index contributed by atoms with van der Waals surface area (Å²) in [6, 6.07) is 37.9. The van der Waals surface area contributed by atoms with E-state index in [0.29, 0.717) is 5.92 Å². The number of hydrogen-bond acceptors (Lipinski definition) is 2. The van der Waals surface area contributed by atoms with Crippen molar-refractivity contribution in [3.63, 3.8) is 0 Å². The number of imidazole rings is 1. The van der Waals surface area contributed by atoms with E-state index >= 15 is 0 Å². The van der Waals surface area contributed by atoms with Crippen molar-refractivity contribution >= 4 is 11.0 Å². The van der Waals surface area contributed by atoms with Crippen LogP contribution in [0.2, 0.25) is 0 Å². The SMILES string of the molecule is CC(C)c1ccc(-n2[c-][n+]3c4c(cccc42)Oc2cc4c([c-]c2-3)C(C)(C)CCC4(C)C)cc1.[Ir+3].[c-]1ccccc1-c1ccccn1. The molecule has 3 heterocycles. The number of rotatable bonds is 3. The number of fused-ring (bicyclic) bond motifs is 3. The molecule has 46 heavy (non-hydrogen) atoms. The number of benzene rings is 4. The number of para-hydroxylation sites is 1. The maximum Gasteiger partial charge on any atom is 3.00 e. The third kappa shape index (κ3) is 5.72. The second-order valence-corrected chi connectivity index (χ2v) is 13.8. The maximum atomic E-state index is 6.49. The molecule has 0 amide bonds. The molecule has 4 nitrogen and oxygen atoms in total. The molecule has 0 saturated heterocycles. The van der Waals surface area contributed by atoms with Gasteiger partial charge in [0.15, 0.2) is 0 Å². The Hall–Kier alpha value is -4.05. The normalized spacial score (nSPS) is 15.1. The molecule has 0 fully saturated rings. The second-order valence-electron chi connectivity index (χ2n) is 13.8. The summed E-state index contributed by atoms with van der Waals surface area (Å²) in [6.45, 7) is 13.8. The largest absolute Gasteiger partial charge is 3.00 e. The van der Waals surface area contributed by atoms with Gasteiger partial charge in [0.05, 0.1) is 11.2 Å². The molecule has 1 aliphatic carbocycles. The van der Waals surface area contributed by atoms with Crippen LogP contribution in [-0.2, 0) is 30.9 Å². The first kappa shape index (κ1) is 31.9. The Kier molecular flexibility index (Phi) is 8.52. The van der Waals surface area contributed by atoms with Crippen LogP contribution < -0.4 is 9.30 Å². The van der Waals surface area contributed by atoms with Gasteiger partial charge in [-0.2, -0.15) is 11.6 Å². The van der Waals surface area contributed by atoms with Crippen LogP contribution in [0, 0.1) is 18.5 Å². The summed E-state index contributed by atoms with van der Waals surface area (Å²) in [7, 11) is 0. The summed E-state index contributed by atoms with van der Waals surface area (Å²) >= 11 is 0. The Morgan fingerprint density at radius 2 is 1.61 bits per heavy atom. The Bertz CT molecular complexity index is 1950. The summed E-state index contributed by atoms with van der Waals surface area (Å²) in [5, 5.41) is 0. The molecular formula is C41H39IrN3O+. The average Bonchev–Trinajstić information content (AvgIpc) is 3.45. The fourth-order valence-corrected chi connectivity index (χ4v) is 6.48. The molecule has 0 saturated carbocycles. The van der Waals surface area contributed by atoms with Crippen LogP contribution in [0.5, 0.6) is 11.5 Å². The van der Waals surface area contributed by atoms with Crippen molar-refractivity contribution in [2.75, 3.05) is 0 Å². The summed E-state index contributed by atoms with van der Waals surface area (Å²) in [6.07, 6.45) is 7.75. The first-order valence-electron chi connectivity index (χ1n) is 15.9. The minimum atomic E-state index is 0. The van der Waals surface area contributed by atoms with Crippen LogP contribution in [0.1, 0.15) is 77.0 Å². The molecule has 0 unspecified atom stereocenters. The predicted molar refractivity (Wildman–Crippen MR) is 180 cm³/mol. The molecule has 0 atom stereocenters. The zero-order valence-corrected chi connectivity index (χ0v) is 29.7. The number of pyridine rings is 1. The smallest absolute Gasteiger partial charge is 0.523 e. The van der Waals surface area contributed by atoms with Crippen LogP contribution >= 0.6 is 0 Å². The monoisotopic (exact) mass is 782 g/mol. The first-order chi connectivity index (χ1) is 21.6. The molecule has 1 aliphatic heterocycles. The molecule has 6 aromatic rings. The maximum absolute atomic E-state index is 6.49. The first-order valence-corrected chi connectivity index (χ1v) is 15.9. The Morgan fingerprint density at radius 3 is 2.30 bits per heavy atom. The van der Waals surface area contributed by atoms with Gasteiger partial charge in [0, 0.05) is 11.9 Å². The molecule has 2 aromatic heterocycles. The molecule has 232 valence electrons. The quantitative estimate of drug-likeness (QED) is 0.132. The van der Waals surface area contributed by atoms with E-state index in [1.807, 2.05) is 42.5 Å². The molecule has 4 aromatic carbocycles. The summed E-state index contributed by atoms with van der Waals surface area (Å²) < 4.78 is 10.8. The third-order valence-corrected chi connectivity index (χ3v) is 9.36. The van der Waals surface area contributed by atoms with Crippen molar-refractivity contribution in [1.82, 2.24) is 9.55 Å². The van der Waals surface area contributed by atoms with Gasteiger partial charge in [-0.1, -0.05) is 89.8 Å². The number of nitrogens with zero attached hydrogens (tertiary/aromatic N) is 3. The van der Waals surface area contributed by atoms with Gasteiger partial charge in [0.1, 0.15) is 11.3 Å². The number of aromatic nitrogens is 3. The summed E-state index contributed by atoms with van der Waals surface area (Å²) in [4.78, 5) is 4.22. The molecular weight excluding hydrogens is 743 g/mol. The molecule has 5 heteroatoms. The molecule has 2 aliphatic rings. The second kappa shape index (κ2) is 12.3. The van der Waals surface area contributed by atoms with Crippen LogP contribution in [0.4, 0.5) is 0 Å². The fourth-order valence-electron chi connectivity index (χ4n) is 6.48. The molecule has 0 radical (unpaired) electrons. The van der Waals surface area contributed by atoms with Crippen molar-refractivity contribution in [1.29, 1.82) is 0 Å². The van der Waals surface area contributed by atoms with Gasteiger partial charge >= 0.3 is 20.1 Å². The minimum Gasteiger partial charge on any atom is -0.523 e. The van der Waals surface area contributed by atoms with Gasteiger partial charge in [0.2, 0.25) is 0 Å². The van der Waals surface area contributed by atoms with E-state index in [1.165, 1.54) is 23.1 Å². The van der Waals surface area contributed by atoms with Gasteiger partial charge in [-0.05, 0) is 59.0 Å². The van der Waals surface area contributed by atoms with Crippen molar-refractivity contribution in [2.45, 2.75) is 71.1 Å². The van der Waals surface area contributed by atoms with Crippen molar-refractivity contribution in [3.8, 4) is 34.1 Å². The van der Waals surface area contributed by atoms with Gasteiger partial charge < -0.3 is 14.3 Å². The fraction of sp³-hybridized carbons (Fsp3) is 0.268. The van der Waals surface area contributed by atoms with E-state index in [-0.39, 0.29) is 30.9 Å². The molecule has 0 N–H and O–H groups in total. The number of ether oxygens (including phenoxy) is 1. The van der Waals surface area contributed by atoms with Crippen LogP contribution in [0.25, 0.3) is 33.7 Å². The van der Waals surface area contributed by atoms with Crippen molar-refractivity contribution in [2.24, 2.45) is 0 Å². The average molecular weight is 782 g/mol. The van der Waals surface area contributed by atoms with Gasteiger partial charge in [-0.25, -0.2) is 0 Å². The third-order valence-electron chi connectivity index (χ3n) is 9.36. The summed E-state index contributed by atoms with van der Waals surface area (Å²) in [5.41, 5.74) is 10.4. The molecule has 0 bridgehead atoms. The standard InChI is InChI=1S/C30H31N2O.C11H8N.Ir/c1-19(2)20-10-12-21(13-11-20)31-18-32-25-16-22-23(30(5,6)15-14-29(22,3)4)17-27(25)33-26-9-7-8-24(31)28(26)32;1-2-6-10(7-3-1)11-8-4-5-9-12-11;/h7-13,17,19H,14-15H2,1-6H3;1-6,8-9H;/q2*-1;+3. The molecule has 0 spiro atoms. The van der Waals surface area contributed by atoms with Gasteiger partial charge in [-0.3, -0.25) is 4.57 Å². The zero-order chi connectivity index (χ0) is 31.3. The van der Waals surface area contributed by atoms with Crippen molar-refractivity contribution in [3.05, 3.63) is 132 Å². The van der Waals surface area contributed by atoms with E-state index in [2.05, 4.69) is 123 Å². The van der Waals surface area contributed by atoms with Crippen molar-refractivity contribution < 1.29 is 29.4 Å². The zero-order valence-electron chi connectivity index (χ0n) is 27.3. The summed E-state index contributed by atoms with van der Waals surface area (Å²) in [5.74, 6) is 2.25. The predicted octanol–water partition coefficient (Wildman–Crippen LogP) is 9.63. The Morgan fingerprint density at radius 1 is 0.848 bits per heavy atom. The van der Waals surface area contributed by atoms with Crippen LogP contribution in [0.3, 0.4) is 0 Å². The van der Waals surface area contributed by atoms with E-state index in [9.17, 15) is 0 Å². The van der Waals surface area contributed by atoms with E-state index in [0.717, 1.165) is 51.6 Å². The Balaban J connectivity index is 0.000000241. The Labute approximate surface area is 286 Å². The number of hydrogen-bond donors (Lipinski definition) is 0. The topological polar surface area (TPSA) is 30.9 Å². The van der Waals surface area contributed by atoms with Gasteiger partial charge in [0.25, 0.3) is 6.33 Å². The van der Waals surface area contributed by atoms with Gasteiger partial charge in [-0.15, -0.1) is 47.5 Å². The minimum absolute atomic E-state index is 0. The van der Waals surface area contributed by atoms with Crippen LogP contribution in [0.15, 0.2) is 97.2 Å². The van der Waals surface area contributed by atoms with E-state index in [4.69, 9.17) is 4.74 Å².